The van der Waals surface area contributed by atoms with Crippen LogP contribution in [0.1, 0.15) is 59.8 Å². The van der Waals surface area contributed by atoms with Gasteiger partial charge in [0.15, 0.2) is 0 Å². The van der Waals surface area contributed by atoms with Crippen LogP contribution in [0.2, 0.25) is 0 Å². The van der Waals surface area contributed by atoms with Gasteiger partial charge in [-0.15, -0.1) is 0 Å². The Hall–Kier alpha value is -1.18. The fraction of sp³-hybridized carbons (Fsp3) is 0.647. The highest BCUT2D eigenvalue weighted by molar-refractivity contribution is 5.55. The van der Waals surface area contributed by atoms with Crippen molar-refractivity contribution in [3.8, 4) is 0 Å². The third-order valence-corrected chi connectivity index (χ3v) is 3.48. The summed E-state index contributed by atoms with van der Waals surface area (Å²) in [5, 5.41) is 0. The number of hydrogen-bond acceptors (Lipinski definition) is 2. The molecule has 0 saturated heterocycles. The standard InChI is InChI=1S/C17H28O2/c1-14(2)7-5-8-15(3)10-11-17(13-19)16(4)9-6-12-18/h7,10,12-13,16-17H,5-6,8-9,11H2,1-4H3/b15-10+. The Morgan fingerprint density at radius 2 is 1.74 bits per heavy atom. The van der Waals surface area contributed by atoms with E-state index in [2.05, 4.69) is 39.8 Å². The third-order valence-electron chi connectivity index (χ3n) is 3.48. The lowest BCUT2D eigenvalue weighted by Crippen LogP contribution is -2.12. The van der Waals surface area contributed by atoms with E-state index in [0.29, 0.717) is 6.42 Å². The summed E-state index contributed by atoms with van der Waals surface area (Å²) in [7, 11) is 0. The van der Waals surface area contributed by atoms with Crippen LogP contribution < -0.4 is 0 Å². The zero-order valence-corrected chi connectivity index (χ0v) is 12.8. The molecule has 0 aromatic heterocycles. The van der Waals surface area contributed by atoms with Gasteiger partial charge in [0.2, 0.25) is 0 Å². The Kier molecular flexibility index (Phi) is 10.1. The van der Waals surface area contributed by atoms with Crippen molar-refractivity contribution in [3.63, 3.8) is 0 Å². The van der Waals surface area contributed by atoms with E-state index in [9.17, 15) is 9.59 Å². The number of allylic oxidation sites excluding steroid dienone is 4. The number of carbonyl (C=O) groups excluding carboxylic acids is 2. The van der Waals surface area contributed by atoms with Gasteiger partial charge >= 0.3 is 0 Å². The molecule has 2 atom stereocenters. The van der Waals surface area contributed by atoms with Crippen LogP contribution in [0.15, 0.2) is 23.3 Å². The molecule has 2 unspecified atom stereocenters. The summed E-state index contributed by atoms with van der Waals surface area (Å²) in [4.78, 5) is 21.5. The van der Waals surface area contributed by atoms with Gasteiger partial charge in [-0.1, -0.05) is 30.2 Å². The first-order valence-corrected chi connectivity index (χ1v) is 7.19. The molecule has 0 aromatic rings. The van der Waals surface area contributed by atoms with E-state index >= 15 is 0 Å². The molecule has 0 heterocycles. The molecular weight excluding hydrogens is 236 g/mol. The number of rotatable bonds is 10. The molecule has 0 aliphatic heterocycles. The molecule has 0 aliphatic carbocycles. The summed E-state index contributed by atoms with van der Waals surface area (Å²) in [6, 6.07) is 0. The van der Waals surface area contributed by atoms with Crippen LogP contribution in [-0.2, 0) is 9.59 Å². The van der Waals surface area contributed by atoms with E-state index in [1.54, 1.807) is 0 Å². The van der Waals surface area contributed by atoms with E-state index in [4.69, 9.17) is 0 Å². The van der Waals surface area contributed by atoms with Crippen LogP contribution in [0, 0.1) is 11.8 Å². The minimum absolute atomic E-state index is 0.0401. The monoisotopic (exact) mass is 264 g/mol. The zero-order chi connectivity index (χ0) is 14.7. The molecule has 19 heavy (non-hydrogen) atoms. The Bertz CT molecular complexity index is 322. The number of carbonyl (C=O) groups is 2. The molecule has 0 amide bonds. The molecule has 0 aliphatic rings. The molecule has 2 nitrogen and oxygen atoms in total. The smallest absolute Gasteiger partial charge is 0.123 e. The highest BCUT2D eigenvalue weighted by atomic mass is 16.1. The Balaban J connectivity index is 4.19. The van der Waals surface area contributed by atoms with Gasteiger partial charge in [0.05, 0.1) is 0 Å². The summed E-state index contributed by atoms with van der Waals surface area (Å²) in [6.07, 6.45) is 10.7. The highest BCUT2D eigenvalue weighted by Crippen LogP contribution is 2.20. The molecule has 0 N–H and O–H groups in total. The van der Waals surface area contributed by atoms with E-state index in [1.807, 2.05) is 0 Å². The first-order chi connectivity index (χ1) is 9.01. The van der Waals surface area contributed by atoms with Crippen LogP contribution in [0.3, 0.4) is 0 Å². The number of aldehydes is 2. The van der Waals surface area contributed by atoms with Crippen molar-refractivity contribution >= 4 is 12.6 Å². The molecule has 0 radical (unpaired) electrons. The maximum absolute atomic E-state index is 11.1. The Morgan fingerprint density at radius 1 is 1.05 bits per heavy atom. The van der Waals surface area contributed by atoms with Crippen LogP contribution in [0.25, 0.3) is 0 Å². The van der Waals surface area contributed by atoms with Crippen molar-refractivity contribution in [2.75, 3.05) is 0 Å². The lowest BCUT2D eigenvalue weighted by Gasteiger charge is -2.16. The fourth-order valence-electron chi connectivity index (χ4n) is 1.99. The lowest BCUT2D eigenvalue weighted by molar-refractivity contribution is -0.113. The largest absolute Gasteiger partial charge is 0.303 e. The van der Waals surface area contributed by atoms with Gasteiger partial charge in [0.25, 0.3) is 0 Å². The predicted molar refractivity (Wildman–Crippen MR) is 81.1 cm³/mol. The van der Waals surface area contributed by atoms with E-state index in [-0.39, 0.29) is 11.8 Å². The van der Waals surface area contributed by atoms with Gasteiger partial charge in [-0.25, -0.2) is 0 Å². The minimum Gasteiger partial charge on any atom is -0.303 e. The molecule has 0 fully saturated rings. The molecule has 108 valence electrons. The first kappa shape index (κ1) is 17.8. The zero-order valence-electron chi connectivity index (χ0n) is 12.8. The molecule has 0 saturated carbocycles. The summed E-state index contributed by atoms with van der Waals surface area (Å²) in [5.74, 6) is 0.322. The van der Waals surface area contributed by atoms with Crippen molar-refractivity contribution < 1.29 is 9.59 Å². The average molecular weight is 264 g/mol. The Morgan fingerprint density at radius 3 is 2.26 bits per heavy atom. The first-order valence-electron chi connectivity index (χ1n) is 7.19. The summed E-state index contributed by atoms with van der Waals surface area (Å²) in [6.45, 7) is 8.39. The molecular formula is C17H28O2. The van der Waals surface area contributed by atoms with Gasteiger partial charge in [0, 0.05) is 12.3 Å². The topological polar surface area (TPSA) is 34.1 Å². The normalized spacial score (nSPS) is 14.6. The van der Waals surface area contributed by atoms with Crippen LogP contribution in [0.5, 0.6) is 0 Å². The van der Waals surface area contributed by atoms with Crippen molar-refractivity contribution in [1.82, 2.24) is 0 Å². The predicted octanol–water partition coefficient (Wildman–Crippen LogP) is 4.50. The van der Waals surface area contributed by atoms with Crippen LogP contribution in [-0.4, -0.2) is 12.6 Å². The highest BCUT2D eigenvalue weighted by Gasteiger charge is 2.14. The van der Waals surface area contributed by atoms with Gasteiger partial charge in [-0.3, -0.25) is 0 Å². The quantitative estimate of drug-likeness (QED) is 0.430. The van der Waals surface area contributed by atoms with E-state index in [0.717, 1.165) is 38.3 Å². The van der Waals surface area contributed by atoms with Crippen molar-refractivity contribution in [2.45, 2.75) is 59.8 Å². The van der Waals surface area contributed by atoms with Gasteiger partial charge in [-0.2, -0.15) is 0 Å². The van der Waals surface area contributed by atoms with Crippen molar-refractivity contribution in [3.05, 3.63) is 23.3 Å². The second-order valence-electron chi connectivity index (χ2n) is 5.63. The van der Waals surface area contributed by atoms with E-state index in [1.165, 1.54) is 11.1 Å². The second-order valence-corrected chi connectivity index (χ2v) is 5.63. The summed E-state index contributed by atoms with van der Waals surface area (Å²) >= 11 is 0. The molecule has 0 spiro atoms. The van der Waals surface area contributed by atoms with Gasteiger partial charge in [0.1, 0.15) is 12.6 Å². The van der Waals surface area contributed by atoms with Crippen LogP contribution in [0.4, 0.5) is 0 Å². The van der Waals surface area contributed by atoms with Crippen LogP contribution >= 0.6 is 0 Å². The van der Waals surface area contributed by atoms with Gasteiger partial charge < -0.3 is 9.59 Å². The molecule has 0 rings (SSSR count). The third kappa shape index (κ3) is 9.40. The Labute approximate surface area is 118 Å². The second kappa shape index (κ2) is 10.7. The maximum Gasteiger partial charge on any atom is 0.123 e. The average Bonchev–Trinajstić information content (AvgIpc) is 2.36. The molecule has 0 bridgehead atoms. The van der Waals surface area contributed by atoms with Crippen molar-refractivity contribution in [2.24, 2.45) is 11.8 Å². The molecule has 2 heteroatoms. The van der Waals surface area contributed by atoms with E-state index < -0.39 is 0 Å². The summed E-state index contributed by atoms with van der Waals surface area (Å²) in [5.41, 5.74) is 2.69. The fourth-order valence-corrected chi connectivity index (χ4v) is 1.99. The number of hydrogen-bond donors (Lipinski definition) is 0. The van der Waals surface area contributed by atoms with Crippen molar-refractivity contribution in [1.29, 1.82) is 0 Å². The maximum atomic E-state index is 11.1. The lowest BCUT2D eigenvalue weighted by atomic mass is 9.88. The molecule has 0 aromatic carbocycles. The SMILES string of the molecule is CC(C)=CCC/C(C)=C/CC(C=O)C(C)CCC=O. The summed E-state index contributed by atoms with van der Waals surface area (Å²) < 4.78 is 0. The minimum atomic E-state index is 0.0401. The van der Waals surface area contributed by atoms with Gasteiger partial charge in [-0.05, 0) is 52.4 Å².